The molecule has 62 heavy (non-hydrogen) atoms. The van der Waals surface area contributed by atoms with Crippen LogP contribution in [0, 0.1) is 0 Å². The van der Waals surface area contributed by atoms with Crippen LogP contribution in [0.3, 0.4) is 0 Å². The summed E-state index contributed by atoms with van der Waals surface area (Å²) < 4.78 is 27.2. The molecule has 0 atom stereocenters. The van der Waals surface area contributed by atoms with Crippen molar-refractivity contribution in [3.8, 4) is 23.0 Å². The molecule has 4 aromatic rings. The Morgan fingerprint density at radius 3 is 0.839 bits per heavy atom. The summed E-state index contributed by atoms with van der Waals surface area (Å²) >= 11 is 6.46. The van der Waals surface area contributed by atoms with Crippen LogP contribution < -0.4 is 29.6 Å². The molecule has 2 N–H and O–H groups in total. The van der Waals surface area contributed by atoms with E-state index in [4.69, 9.17) is 18.9 Å². The summed E-state index contributed by atoms with van der Waals surface area (Å²) in [7, 11) is 0. The molecular formula is C50H62N2O6S4. The van der Waals surface area contributed by atoms with Crippen molar-refractivity contribution >= 4 is 58.9 Å². The molecule has 0 unspecified atom stereocenters. The van der Waals surface area contributed by atoms with Crippen LogP contribution in [0.4, 0.5) is 0 Å². The highest BCUT2D eigenvalue weighted by atomic mass is 32.2. The van der Waals surface area contributed by atoms with Gasteiger partial charge in [0.05, 0.1) is 52.4 Å². The normalized spacial score (nSPS) is 16.8. The molecular weight excluding hydrogens is 853 g/mol. The van der Waals surface area contributed by atoms with Gasteiger partial charge in [0.25, 0.3) is 11.8 Å². The molecule has 12 heteroatoms. The second-order valence-electron chi connectivity index (χ2n) is 20.3. The zero-order valence-corrected chi connectivity index (χ0v) is 41.6. The van der Waals surface area contributed by atoms with Gasteiger partial charge < -0.3 is 29.6 Å². The first-order chi connectivity index (χ1) is 29.0. The van der Waals surface area contributed by atoms with Crippen molar-refractivity contribution in [2.24, 2.45) is 0 Å². The number of carbonyl (C=O) groups excluding carboxylic acids is 2. The van der Waals surface area contributed by atoms with Crippen molar-refractivity contribution in [1.29, 1.82) is 0 Å². The molecule has 3 aliphatic heterocycles. The third-order valence-electron chi connectivity index (χ3n) is 10.9. The van der Waals surface area contributed by atoms with Gasteiger partial charge in [-0.15, -0.1) is 0 Å². The van der Waals surface area contributed by atoms with Crippen LogP contribution in [0.2, 0.25) is 0 Å². The zero-order chi connectivity index (χ0) is 44.8. The predicted molar refractivity (Wildman–Crippen MR) is 254 cm³/mol. The molecule has 8 nitrogen and oxygen atoms in total. The van der Waals surface area contributed by atoms with Crippen molar-refractivity contribution < 1.29 is 28.5 Å². The Hall–Kier alpha value is -3.58. The Balaban J connectivity index is 1.65. The van der Waals surface area contributed by atoms with E-state index in [-0.39, 0.29) is 46.7 Å². The molecule has 0 saturated carbocycles. The highest BCUT2D eigenvalue weighted by Crippen LogP contribution is 2.56. The molecule has 2 amide bonds. The average Bonchev–Trinajstić information content (AvgIpc) is 3.18. The standard InChI is InChI=1S/C50H62N2O6S4/c1-47(2,3)29-19-33-43-35(21-29)61-39-25-32(50(10,11)12)24-38-46(39)58-28-42(54)52-16-14-18-56-44-34(60-38)20-30(48(4,5)6)22-36(44)62-40-26-31(49(7,8)9)23-37(59-33)45(40)57-27-41(53)51-15-13-17-55-43/h19-26H,13-18,27-28H2,1-12H3,(H,51,53)(H,52,54). The first-order valence-corrected chi connectivity index (χ1v) is 24.8. The molecule has 4 aromatic carbocycles. The number of amides is 2. The van der Waals surface area contributed by atoms with Crippen molar-refractivity contribution in [3.05, 3.63) is 70.8 Å². The van der Waals surface area contributed by atoms with E-state index in [2.05, 4.69) is 142 Å². The number of ether oxygens (including phenoxy) is 4. The van der Waals surface area contributed by atoms with Crippen molar-refractivity contribution in [2.75, 3.05) is 39.5 Å². The van der Waals surface area contributed by atoms with E-state index < -0.39 is 0 Å². The summed E-state index contributed by atoms with van der Waals surface area (Å²) in [6.07, 6.45) is 1.23. The molecule has 0 radical (unpaired) electrons. The number of hydrogen-bond donors (Lipinski definition) is 2. The van der Waals surface area contributed by atoms with Gasteiger partial charge in [-0.05, 0) is 105 Å². The number of rotatable bonds is 0. The number of hydrogen-bond acceptors (Lipinski definition) is 10. The van der Waals surface area contributed by atoms with E-state index in [0.29, 0.717) is 50.6 Å². The quantitative estimate of drug-likeness (QED) is 0.156. The smallest absolute Gasteiger partial charge is 0.257 e. The number of nitrogens with one attached hydrogen (secondary N) is 2. The van der Waals surface area contributed by atoms with Crippen LogP contribution in [0.25, 0.3) is 0 Å². The highest BCUT2D eigenvalue weighted by molar-refractivity contribution is 8.01. The minimum Gasteiger partial charge on any atom is -0.491 e. The second-order valence-corrected chi connectivity index (χ2v) is 24.6. The van der Waals surface area contributed by atoms with Gasteiger partial charge >= 0.3 is 0 Å². The molecule has 0 aliphatic carbocycles. The van der Waals surface area contributed by atoms with Gasteiger partial charge in [-0.3, -0.25) is 9.59 Å². The molecule has 12 bridgehead atoms. The lowest BCUT2D eigenvalue weighted by Gasteiger charge is -2.28. The molecule has 3 heterocycles. The van der Waals surface area contributed by atoms with Crippen LogP contribution in [0.5, 0.6) is 23.0 Å². The SMILES string of the molecule is CC(C)(C)c1cc2c3c(c1)Sc1cc(C(C)(C)C)cc4c1OCC(=O)NCCCOc1c(cc(C(C)(C)C)cc1S4)Sc1cc(C(C)(C)C)cc(c1OCC(=O)NCCCO3)S2. The average molecular weight is 915 g/mol. The second kappa shape index (κ2) is 18.1. The lowest BCUT2D eigenvalue weighted by atomic mass is 9.87. The van der Waals surface area contributed by atoms with E-state index in [9.17, 15) is 9.59 Å². The highest BCUT2D eigenvalue weighted by Gasteiger charge is 2.31. The first-order valence-electron chi connectivity index (χ1n) is 21.5. The van der Waals surface area contributed by atoms with Crippen molar-refractivity contribution in [1.82, 2.24) is 10.6 Å². The summed E-state index contributed by atoms with van der Waals surface area (Å²) in [4.78, 5) is 34.1. The fraction of sp³-hybridized carbons (Fsp3) is 0.480. The third-order valence-corrected chi connectivity index (χ3v) is 15.1. The van der Waals surface area contributed by atoms with Gasteiger partial charge in [0.1, 0.15) is 23.0 Å². The van der Waals surface area contributed by atoms with E-state index in [1.54, 1.807) is 47.0 Å². The first kappa shape index (κ1) is 46.4. The van der Waals surface area contributed by atoms with Crippen LogP contribution in [0.15, 0.2) is 87.7 Å². The maximum atomic E-state index is 13.4. The predicted octanol–water partition coefficient (Wildman–Crippen LogP) is 12.3. The zero-order valence-electron chi connectivity index (χ0n) is 38.4. The topological polar surface area (TPSA) is 95.1 Å². The molecule has 7 rings (SSSR count). The van der Waals surface area contributed by atoms with Gasteiger partial charge in [0.2, 0.25) is 0 Å². The van der Waals surface area contributed by atoms with Crippen molar-refractivity contribution in [3.63, 3.8) is 0 Å². The molecule has 0 fully saturated rings. The van der Waals surface area contributed by atoms with Gasteiger partial charge in [0, 0.05) is 13.1 Å². The van der Waals surface area contributed by atoms with Crippen LogP contribution in [-0.2, 0) is 31.2 Å². The number of benzene rings is 4. The molecule has 3 aliphatic rings. The largest absolute Gasteiger partial charge is 0.491 e. The van der Waals surface area contributed by atoms with E-state index in [1.807, 2.05) is 0 Å². The fourth-order valence-electron chi connectivity index (χ4n) is 7.01. The third kappa shape index (κ3) is 10.8. The van der Waals surface area contributed by atoms with Crippen molar-refractivity contribution in [2.45, 2.75) is 157 Å². The summed E-state index contributed by atoms with van der Waals surface area (Å²) in [5.41, 5.74) is 3.72. The number of carbonyl (C=O) groups is 2. The maximum Gasteiger partial charge on any atom is 0.257 e. The minimum absolute atomic E-state index is 0.126. The van der Waals surface area contributed by atoms with E-state index in [1.165, 1.54) is 0 Å². The van der Waals surface area contributed by atoms with E-state index in [0.717, 1.165) is 72.9 Å². The van der Waals surface area contributed by atoms with Gasteiger partial charge in [-0.1, -0.05) is 130 Å². The fourth-order valence-corrected chi connectivity index (χ4v) is 11.8. The Kier molecular flexibility index (Phi) is 13.6. The molecule has 0 spiro atoms. The Labute approximate surface area is 385 Å². The lowest BCUT2D eigenvalue weighted by Crippen LogP contribution is -2.30. The molecule has 0 aromatic heterocycles. The summed E-state index contributed by atoms with van der Waals surface area (Å²) in [5.74, 6) is 2.43. The lowest BCUT2D eigenvalue weighted by molar-refractivity contribution is -0.123. The monoisotopic (exact) mass is 914 g/mol. The maximum absolute atomic E-state index is 13.4. The van der Waals surface area contributed by atoms with Gasteiger partial charge in [-0.25, -0.2) is 0 Å². The Morgan fingerprint density at radius 2 is 0.613 bits per heavy atom. The van der Waals surface area contributed by atoms with E-state index >= 15 is 0 Å². The summed E-state index contributed by atoms with van der Waals surface area (Å²) in [6, 6.07) is 17.9. The van der Waals surface area contributed by atoms with Gasteiger partial charge in [-0.2, -0.15) is 0 Å². The van der Waals surface area contributed by atoms with Gasteiger partial charge in [0.15, 0.2) is 13.2 Å². The van der Waals surface area contributed by atoms with Crippen LogP contribution in [0.1, 0.15) is 118 Å². The summed E-state index contributed by atoms with van der Waals surface area (Å²) in [6.45, 7) is 28.2. The Bertz CT molecular complexity index is 2200. The molecule has 332 valence electrons. The molecule has 0 saturated heterocycles. The summed E-state index contributed by atoms with van der Waals surface area (Å²) in [5, 5.41) is 6.11. The van der Waals surface area contributed by atoms with Crippen LogP contribution >= 0.6 is 47.0 Å². The Morgan fingerprint density at radius 1 is 0.387 bits per heavy atom. The minimum atomic E-state index is -0.216. The van der Waals surface area contributed by atoms with Crippen LogP contribution in [-0.4, -0.2) is 51.3 Å².